The SMILES string of the molecule is Cc1cc(-c2ncccn2)c(C(=O)N2CCC[C@@H](C)[C@H]2CCc2ncc(C(F)(F)F)cn2)cc1F. The Morgan fingerprint density at radius 2 is 1.80 bits per heavy atom. The number of benzene rings is 1. The summed E-state index contributed by atoms with van der Waals surface area (Å²) in [6, 6.07) is 4.28. The highest BCUT2D eigenvalue weighted by Crippen LogP contribution is 2.32. The molecule has 0 bridgehead atoms. The Balaban J connectivity index is 1.60. The topological polar surface area (TPSA) is 71.9 Å². The van der Waals surface area contributed by atoms with Crippen LogP contribution in [0.4, 0.5) is 17.6 Å². The van der Waals surface area contributed by atoms with Gasteiger partial charge in [-0.05, 0) is 55.9 Å². The van der Waals surface area contributed by atoms with Crippen LogP contribution in [0.2, 0.25) is 0 Å². The second-order valence-corrected chi connectivity index (χ2v) is 8.83. The van der Waals surface area contributed by atoms with E-state index >= 15 is 0 Å². The van der Waals surface area contributed by atoms with Crippen LogP contribution in [0.25, 0.3) is 11.4 Å². The van der Waals surface area contributed by atoms with Gasteiger partial charge in [-0.25, -0.2) is 24.3 Å². The van der Waals surface area contributed by atoms with Gasteiger partial charge in [0.15, 0.2) is 5.82 Å². The lowest BCUT2D eigenvalue weighted by atomic mass is 9.87. The number of halogens is 4. The van der Waals surface area contributed by atoms with E-state index in [1.54, 1.807) is 36.4 Å². The summed E-state index contributed by atoms with van der Waals surface area (Å²) in [6.07, 6.45) is 2.66. The fraction of sp³-hybridized carbons (Fsp3) is 0.400. The average molecular weight is 488 g/mol. The summed E-state index contributed by atoms with van der Waals surface area (Å²) >= 11 is 0. The molecular formula is C25H25F4N5O. The predicted molar refractivity (Wildman–Crippen MR) is 121 cm³/mol. The summed E-state index contributed by atoms with van der Waals surface area (Å²) in [4.78, 5) is 31.7. The van der Waals surface area contributed by atoms with E-state index < -0.39 is 17.6 Å². The Labute approximate surface area is 200 Å². The number of alkyl halides is 3. The highest BCUT2D eigenvalue weighted by Gasteiger charge is 2.34. The summed E-state index contributed by atoms with van der Waals surface area (Å²) < 4.78 is 52.9. The zero-order valence-electron chi connectivity index (χ0n) is 19.4. The highest BCUT2D eigenvalue weighted by molar-refractivity contribution is 6.00. The molecule has 4 rings (SSSR count). The molecule has 1 fully saturated rings. The third-order valence-electron chi connectivity index (χ3n) is 6.41. The predicted octanol–water partition coefficient (Wildman–Crippen LogP) is 5.27. The van der Waals surface area contributed by atoms with Crippen LogP contribution in [0.3, 0.4) is 0 Å². The van der Waals surface area contributed by atoms with Crippen molar-refractivity contribution in [2.45, 2.75) is 51.7 Å². The summed E-state index contributed by atoms with van der Waals surface area (Å²) in [5, 5.41) is 0. The molecule has 1 saturated heterocycles. The van der Waals surface area contributed by atoms with Gasteiger partial charge in [0.2, 0.25) is 0 Å². The number of carbonyl (C=O) groups excluding carboxylic acids is 1. The van der Waals surface area contributed by atoms with Crippen LogP contribution < -0.4 is 0 Å². The van der Waals surface area contributed by atoms with Gasteiger partial charge in [-0.3, -0.25) is 4.79 Å². The molecule has 0 spiro atoms. The van der Waals surface area contributed by atoms with Gasteiger partial charge in [0.25, 0.3) is 5.91 Å². The fourth-order valence-electron chi connectivity index (χ4n) is 4.49. The molecular weight excluding hydrogens is 462 g/mol. The minimum Gasteiger partial charge on any atom is -0.335 e. The monoisotopic (exact) mass is 487 g/mol. The molecule has 3 aromatic rings. The van der Waals surface area contributed by atoms with Crippen LogP contribution >= 0.6 is 0 Å². The quantitative estimate of drug-likeness (QED) is 0.459. The van der Waals surface area contributed by atoms with Crippen LogP contribution in [0, 0.1) is 18.7 Å². The van der Waals surface area contributed by atoms with Crippen molar-refractivity contribution in [3.05, 3.63) is 71.3 Å². The third kappa shape index (κ3) is 5.47. The normalized spacial score (nSPS) is 18.5. The van der Waals surface area contributed by atoms with Crippen molar-refractivity contribution in [1.82, 2.24) is 24.8 Å². The van der Waals surface area contributed by atoms with E-state index in [0.717, 1.165) is 25.2 Å². The molecule has 0 aliphatic carbocycles. The second kappa shape index (κ2) is 10.1. The number of hydrogen-bond donors (Lipinski definition) is 0. The first-order valence-corrected chi connectivity index (χ1v) is 11.4. The number of aryl methyl sites for hydroxylation is 2. The fourth-order valence-corrected chi connectivity index (χ4v) is 4.49. The van der Waals surface area contributed by atoms with E-state index in [0.29, 0.717) is 36.3 Å². The number of piperidine rings is 1. The molecule has 6 nitrogen and oxygen atoms in total. The number of rotatable bonds is 5. The van der Waals surface area contributed by atoms with Crippen molar-refractivity contribution >= 4 is 5.91 Å². The first-order valence-electron chi connectivity index (χ1n) is 11.4. The Bertz CT molecular complexity index is 1180. The number of carbonyl (C=O) groups is 1. The van der Waals surface area contributed by atoms with Gasteiger partial charge in [0.05, 0.1) is 11.1 Å². The van der Waals surface area contributed by atoms with Crippen LogP contribution in [0.15, 0.2) is 43.0 Å². The van der Waals surface area contributed by atoms with Crippen LogP contribution in [0.5, 0.6) is 0 Å². The lowest BCUT2D eigenvalue weighted by Crippen LogP contribution is -2.48. The standard InChI is InChI=1S/C25H25F4N5O/c1-15-5-3-10-34(21(15)6-7-22-32-13-17(14-33-22)25(27,28)29)24(35)19-12-20(26)16(2)11-18(19)23-30-8-4-9-31-23/h4,8-9,11-15,21H,3,5-7,10H2,1-2H3/t15-,21-/m1/s1. The number of hydrogen-bond acceptors (Lipinski definition) is 5. The van der Waals surface area contributed by atoms with Crippen LogP contribution in [-0.4, -0.2) is 43.3 Å². The van der Waals surface area contributed by atoms with E-state index in [1.165, 1.54) is 6.07 Å². The third-order valence-corrected chi connectivity index (χ3v) is 6.41. The van der Waals surface area contributed by atoms with Crippen molar-refractivity contribution in [3.8, 4) is 11.4 Å². The van der Waals surface area contributed by atoms with E-state index in [1.807, 2.05) is 6.92 Å². The summed E-state index contributed by atoms with van der Waals surface area (Å²) in [5.41, 5.74) is 0.120. The maximum Gasteiger partial charge on any atom is 0.419 e. The van der Waals surface area contributed by atoms with E-state index in [-0.39, 0.29) is 29.3 Å². The highest BCUT2D eigenvalue weighted by atomic mass is 19.4. The van der Waals surface area contributed by atoms with Crippen molar-refractivity contribution in [1.29, 1.82) is 0 Å². The smallest absolute Gasteiger partial charge is 0.335 e. The van der Waals surface area contributed by atoms with Gasteiger partial charge >= 0.3 is 6.18 Å². The molecule has 1 aliphatic heterocycles. The second-order valence-electron chi connectivity index (χ2n) is 8.83. The van der Waals surface area contributed by atoms with Gasteiger partial charge < -0.3 is 4.90 Å². The van der Waals surface area contributed by atoms with Gasteiger partial charge in [-0.1, -0.05) is 6.92 Å². The minimum atomic E-state index is -4.50. The molecule has 1 amide bonds. The summed E-state index contributed by atoms with van der Waals surface area (Å²) in [5.74, 6) is -0.0560. The van der Waals surface area contributed by atoms with E-state index in [4.69, 9.17) is 0 Å². The molecule has 184 valence electrons. The largest absolute Gasteiger partial charge is 0.419 e. The molecule has 0 radical (unpaired) electrons. The average Bonchev–Trinajstić information content (AvgIpc) is 2.84. The maximum atomic E-state index is 14.6. The lowest BCUT2D eigenvalue weighted by molar-refractivity contribution is -0.138. The van der Waals surface area contributed by atoms with Gasteiger partial charge in [0.1, 0.15) is 11.6 Å². The number of likely N-dealkylation sites (tertiary alicyclic amines) is 1. The maximum absolute atomic E-state index is 14.6. The van der Waals surface area contributed by atoms with Gasteiger partial charge in [0, 0.05) is 49.4 Å². The summed E-state index contributed by atoms with van der Waals surface area (Å²) in [6.45, 7) is 4.15. The molecule has 35 heavy (non-hydrogen) atoms. The zero-order valence-corrected chi connectivity index (χ0v) is 19.4. The Morgan fingerprint density at radius 1 is 1.11 bits per heavy atom. The first kappa shape index (κ1) is 24.7. The Hall–Kier alpha value is -3.43. The van der Waals surface area contributed by atoms with Crippen molar-refractivity contribution in [2.75, 3.05) is 6.54 Å². The number of nitrogens with zero attached hydrogens (tertiary/aromatic N) is 5. The Kier molecular flexibility index (Phi) is 7.09. The number of aromatic nitrogens is 4. The summed E-state index contributed by atoms with van der Waals surface area (Å²) in [7, 11) is 0. The van der Waals surface area contributed by atoms with Crippen LogP contribution in [-0.2, 0) is 12.6 Å². The molecule has 3 heterocycles. The lowest BCUT2D eigenvalue weighted by Gasteiger charge is -2.40. The molecule has 10 heteroatoms. The minimum absolute atomic E-state index is 0.147. The number of amides is 1. The molecule has 2 atom stereocenters. The molecule has 0 saturated carbocycles. The Morgan fingerprint density at radius 3 is 2.46 bits per heavy atom. The molecule has 1 aliphatic rings. The first-order chi connectivity index (χ1) is 16.6. The molecule has 1 aromatic carbocycles. The molecule has 0 N–H and O–H groups in total. The van der Waals surface area contributed by atoms with E-state index in [9.17, 15) is 22.4 Å². The molecule has 0 unspecified atom stereocenters. The van der Waals surface area contributed by atoms with Crippen molar-refractivity contribution < 1.29 is 22.4 Å². The van der Waals surface area contributed by atoms with Crippen LogP contribution in [0.1, 0.15) is 53.5 Å². The van der Waals surface area contributed by atoms with Gasteiger partial charge in [-0.15, -0.1) is 0 Å². The van der Waals surface area contributed by atoms with Crippen molar-refractivity contribution in [3.63, 3.8) is 0 Å². The van der Waals surface area contributed by atoms with Crippen molar-refractivity contribution in [2.24, 2.45) is 5.92 Å². The molecule has 2 aromatic heterocycles. The van der Waals surface area contributed by atoms with Gasteiger partial charge in [-0.2, -0.15) is 13.2 Å². The van der Waals surface area contributed by atoms with E-state index in [2.05, 4.69) is 19.9 Å². The zero-order chi connectivity index (χ0) is 25.2.